The summed E-state index contributed by atoms with van der Waals surface area (Å²) in [5.74, 6) is 0.179. The Morgan fingerprint density at radius 2 is 1.95 bits per heavy atom. The fourth-order valence-corrected chi connectivity index (χ4v) is 2.52. The Morgan fingerprint density at radius 1 is 1.30 bits per heavy atom. The lowest BCUT2D eigenvalue weighted by Crippen LogP contribution is -2.46. The number of hydrogen-bond donors (Lipinski definition) is 1. The molecule has 1 fully saturated rings. The van der Waals surface area contributed by atoms with Crippen molar-refractivity contribution in [2.45, 2.75) is 25.8 Å². The number of carbonyl (C=O) groups is 1. The maximum Gasteiger partial charge on any atom is 0.236 e. The third kappa shape index (κ3) is 3.97. The van der Waals surface area contributed by atoms with Crippen molar-refractivity contribution in [3.8, 4) is 0 Å². The van der Waals surface area contributed by atoms with Crippen molar-refractivity contribution in [3.05, 3.63) is 30.3 Å². The Morgan fingerprint density at radius 3 is 2.55 bits per heavy atom. The van der Waals surface area contributed by atoms with E-state index in [9.17, 15) is 4.79 Å². The second kappa shape index (κ2) is 7.29. The molecule has 1 heterocycles. The van der Waals surface area contributed by atoms with Gasteiger partial charge in [-0.3, -0.25) is 4.79 Å². The van der Waals surface area contributed by atoms with Gasteiger partial charge in [-0.15, -0.1) is 0 Å². The normalized spacial score (nSPS) is 16.2. The molecule has 4 heteroatoms. The fraction of sp³-hybridized carbons (Fsp3) is 0.562. The smallest absolute Gasteiger partial charge is 0.236 e. The van der Waals surface area contributed by atoms with Crippen LogP contribution in [0.15, 0.2) is 30.3 Å². The number of carbonyl (C=O) groups excluding carboxylic acids is 1. The molecule has 0 aromatic heterocycles. The zero-order valence-electron chi connectivity index (χ0n) is 12.5. The van der Waals surface area contributed by atoms with Crippen LogP contribution in [0, 0.1) is 0 Å². The minimum Gasteiger partial charge on any atom is -0.371 e. The largest absolute Gasteiger partial charge is 0.371 e. The average molecular weight is 275 g/mol. The maximum atomic E-state index is 11.8. The summed E-state index contributed by atoms with van der Waals surface area (Å²) < 4.78 is 0. The molecule has 1 aromatic rings. The lowest BCUT2D eigenvalue weighted by Gasteiger charge is -2.34. The Balaban J connectivity index is 1.73. The van der Waals surface area contributed by atoms with Gasteiger partial charge in [0.2, 0.25) is 5.91 Å². The number of para-hydroxylation sites is 1. The molecule has 0 aliphatic carbocycles. The third-order valence-electron chi connectivity index (χ3n) is 4.06. The van der Waals surface area contributed by atoms with E-state index in [0.717, 1.165) is 32.5 Å². The Bertz CT molecular complexity index is 413. The lowest BCUT2D eigenvalue weighted by molar-refractivity contribution is -0.128. The van der Waals surface area contributed by atoms with Crippen LogP contribution in [0.1, 0.15) is 19.8 Å². The van der Waals surface area contributed by atoms with Crippen LogP contribution in [0.25, 0.3) is 0 Å². The molecule has 1 aliphatic rings. The molecule has 1 aromatic carbocycles. The minimum absolute atomic E-state index is 0.179. The topological polar surface area (TPSA) is 35.6 Å². The van der Waals surface area contributed by atoms with Gasteiger partial charge < -0.3 is 15.1 Å². The molecule has 1 amide bonds. The van der Waals surface area contributed by atoms with E-state index >= 15 is 0 Å². The number of rotatable bonds is 5. The summed E-state index contributed by atoms with van der Waals surface area (Å²) >= 11 is 0. The molecule has 20 heavy (non-hydrogen) atoms. The summed E-state index contributed by atoms with van der Waals surface area (Å²) in [6.07, 6.45) is 2.19. The number of hydrogen-bond acceptors (Lipinski definition) is 3. The molecule has 2 rings (SSSR count). The lowest BCUT2D eigenvalue weighted by atomic mass is 10.0. The van der Waals surface area contributed by atoms with Crippen LogP contribution in [0.5, 0.6) is 0 Å². The second-order valence-corrected chi connectivity index (χ2v) is 5.39. The predicted molar refractivity (Wildman–Crippen MR) is 83.0 cm³/mol. The average Bonchev–Trinajstić information content (AvgIpc) is 2.53. The fourth-order valence-electron chi connectivity index (χ4n) is 2.52. The molecule has 110 valence electrons. The highest BCUT2D eigenvalue weighted by molar-refractivity contribution is 5.77. The molecule has 0 atom stereocenters. The SMILES string of the molecule is CCN(C)C(=O)CNC1CCN(c2ccccc2)CC1. The first kappa shape index (κ1) is 14.9. The molecule has 1 N–H and O–H groups in total. The summed E-state index contributed by atoms with van der Waals surface area (Å²) in [4.78, 5) is 15.9. The van der Waals surface area contributed by atoms with Gasteiger partial charge in [0, 0.05) is 38.4 Å². The van der Waals surface area contributed by atoms with Crippen molar-refractivity contribution in [2.75, 3.05) is 38.1 Å². The summed E-state index contributed by atoms with van der Waals surface area (Å²) in [5.41, 5.74) is 1.30. The first-order valence-electron chi connectivity index (χ1n) is 7.48. The van der Waals surface area contributed by atoms with E-state index in [1.165, 1.54) is 5.69 Å². The summed E-state index contributed by atoms with van der Waals surface area (Å²) in [6.45, 7) is 5.34. The molecule has 0 unspecified atom stereocenters. The van der Waals surface area contributed by atoms with E-state index in [1.807, 2.05) is 20.0 Å². The van der Waals surface area contributed by atoms with Gasteiger partial charge in [0.15, 0.2) is 0 Å². The van der Waals surface area contributed by atoms with E-state index in [4.69, 9.17) is 0 Å². The second-order valence-electron chi connectivity index (χ2n) is 5.39. The minimum atomic E-state index is 0.179. The predicted octanol–water partition coefficient (Wildman–Crippen LogP) is 1.72. The molecule has 0 saturated carbocycles. The summed E-state index contributed by atoms with van der Waals surface area (Å²) in [6, 6.07) is 11.0. The molecule has 0 spiro atoms. The van der Waals surface area contributed by atoms with Gasteiger partial charge in [0.05, 0.1) is 6.54 Å². The van der Waals surface area contributed by atoms with Gasteiger partial charge in [-0.1, -0.05) is 18.2 Å². The van der Waals surface area contributed by atoms with Crippen LogP contribution in [-0.4, -0.2) is 50.1 Å². The van der Waals surface area contributed by atoms with Crippen LogP contribution >= 0.6 is 0 Å². The first-order chi connectivity index (χ1) is 9.70. The van der Waals surface area contributed by atoms with Crippen LogP contribution in [0.4, 0.5) is 5.69 Å². The number of anilines is 1. The van der Waals surface area contributed by atoms with Crippen LogP contribution in [0.2, 0.25) is 0 Å². The standard InChI is InChI=1S/C16H25N3O/c1-3-18(2)16(20)13-17-14-9-11-19(12-10-14)15-7-5-4-6-8-15/h4-8,14,17H,3,9-13H2,1-2H3. The van der Waals surface area contributed by atoms with Gasteiger partial charge in [-0.25, -0.2) is 0 Å². The molecule has 1 saturated heterocycles. The van der Waals surface area contributed by atoms with Gasteiger partial charge in [0.25, 0.3) is 0 Å². The molecular weight excluding hydrogens is 250 g/mol. The first-order valence-corrected chi connectivity index (χ1v) is 7.48. The van der Waals surface area contributed by atoms with Gasteiger partial charge in [0.1, 0.15) is 0 Å². The van der Waals surface area contributed by atoms with Gasteiger partial charge >= 0.3 is 0 Å². The zero-order chi connectivity index (χ0) is 14.4. The highest BCUT2D eigenvalue weighted by atomic mass is 16.2. The molecule has 1 aliphatic heterocycles. The van der Waals surface area contributed by atoms with Gasteiger partial charge in [-0.05, 0) is 31.9 Å². The zero-order valence-corrected chi connectivity index (χ0v) is 12.5. The quantitative estimate of drug-likeness (QED) is 0.889. The number of nitrogens with zero attached hydrogens (tertiary/aromatic N) is 2. The van der Waals surface area contributed by atoms with Gasteiger partial charge in [-0.2, -0.15) is 0 Å². The van der Waals surface area contributed by atoms with E-state index in [-0.39, 0.29) is 5.91 Å². The van der Waals surface area contributed by atoms with E-state index in [1.54, 1.807) is 4.90 Å². The number of benzene rings is 1. The number of likely N-dealkylation sites (N-methyl/N-ethyl adjacent to an activating group) is 1. The van der Waals surface area contributed by atoms with Crippen LogP contribution in [0.3, 0.4) is 0 Å². The van der Waals surface area contributed by atoms with E-state index in [2.05, 4.69) is 34.5 Å². The Kier molecular flexibility index (Phi) is 5.41. The number of piperidine rings is 1. The van der Waals surface area contributed by atoms with Crippen LogP contribution in [-0.2, 0) is 4.79 Å². The van der Waals surface area contributed by atoms with Crippen molar-refractivity contribution < 1.29 is 4.79 Å². The van der Waals surface area contributed by atoms with Crippen molar-refractivity contribution in [1.29, 1.82) is 0 Å². The molecule has 0 radical (unpaired) electrons. The Labute approximate surface area is 121 Å². The third-order valence-corrected chi connectivity index (χ3v) is 4.06. The van der Waals surface area contributed by atoms with Crippen LogP contribution < -0.4 is 10.2 Å². The highest BCUT2D eigenvalue weighted by Crippen LogP contribution is 2.19. The van der Waals surface area contributed by atoms with Crippen molar-refractivity contribution in [1.82, 2.24) is 10.2 Å². The van der Waals surface area contributed by atoms with E-state index in [0.29, 0.717) is 12.6 Å². The highest BCUT2D eigenvalue weighted by Gasteiger charge is 2.19. The maximum absolute atomic E-state index is 11.8. The van der Waals surface area contributed by atoms with Crippen molar-refractivity contribution in [2.24, 2.45) is 0 Å². The number of nitrogens with one attached hydrogen (secondary N) is 1. The molecule has 0 bridgehead atoms. The molecule has 4 nitrogen and oxygen atoms in total. The Hall–Kier alpha value is -1.55. The number of amides is 1. The summed E-state index contributed by atoms with van der Waals surface area (Å²) in [5, 5.41) is 3.39. The molecular formula is C16H25N3O. The van der Waals surface area contributed by atoms with Crippen molar-refractivity contribution in [3.63, 3.8) is 0 Å². The van der Waals surface area contributed by atoms with Crippen molar-refractivity contribution >= 4 is 11.6 Å². The van der Waals surface area contributed by atoms with E-state index < -0.39 is 0 Å². The monoisotopic (exact) mass is 275 g/mol. The summed E-state index contributed by atoms with van der Waals surface area (Å²) in [7, 11) is 1.85.